The standard InChI is InChI=1S/C30H59O8PS/c1-2-3-4-5-6-14-17-20-23-30(32)38-29(26-37-39(33,34)35)27-40-25-22-19-16-13-11-9-7-8-10-12-15-18-21-24-36-28-31/h28-29H,2-27H2,1H3,(H2,33,34,35)/t29-/m1/s1. The highest BCUT2D eigenvalue weighted by Gasteiger charge is 2.21. The van der Waals surface area contributed by atoms with E-state index < -0.39 is 13.9 Å². The Kier molecular flexibility index (Phi) is 29.4. The second kappa shape index (κ2) is 29.9. The smallest absolute Gasteiger partial charge is 0.468 e. The van der Waals surface area contributed by atoms with Crippen LogP contribution in [-0.4, -0.2) is 53.1 Å². The first-order valence-electron chi connectivity index (χ1n) is 15.9. The van der Waals surface area contributed by atoms with E-state index in [1.807, 2.05) is 0 Å². The lowest BCUT2D eigenvalue weighted by atomic mass is 10.0. The van der Waals surface area contributed by atoms with Crippen LogP contribution in [0.5, 0.6) is 0 Å². The summed E-state index contributed by atoms with van der Waals surface area (Å²) in [5, 5.41) is 0. The van der Waals surface area contributed by atoms with Crippen LogP contribution < -0.4 is 0 Å². The zero-order valence-electron chi connectivity index (χ0n) is 25.2. The molecule has 0 saturated carbocycles. The van der Waals surface area contributed by atoms with E-state index in [9.17, 15) is 14.2 Å². The van der Waals surface area contributed by atoms with Crippen LogP contribution >= 0.6 is 19.6 Å². The van der Waals surface area contributed by atoms with Crippen LogP contribution in [-0.2, 0) is 28.2 Å². The molecular formula is C30H59O8PS. The lowest BCUT2D eigenvalue weighted by molar-refractivity contribution is -0.149. The number of hydrogen-bond acceptors (Lipinski definition) is 7. The molecule has 0 unspecified atom stereocenters. The Hall–Kier alpha value is -0.600. The molecule has 2 N–H and O–H groups in total. The van der Waals surface area contributed by atoms with Gasteiger partial charge in [0.15, 0.2) is 0 Å². The van der Waals surface area contributed by atoms with Crippen LogP contribution in [0.3, 0.4) is 0 Å². The number of rotatable bonds is 32. The lowest BCUT2D eigenvalue weighted by Crippen LogP contribution is -2.25. The van der Waals surface area contributed by atoms with Gasteiger partial charge in [-0.2, -0.15) is 11.8 Å². The van der Waals surface area contributed by atoms with E-state index in [1.165, 1.54) is 96.3 Å². The number of phosphoric ester groups is 1. The maximum Gasteiger partial charge on any atom is 0.469 e. The average Bonchev–Trinajstić information content (AvgIpc) is 2.92. The third-order valence-corrected chi connectivity index (χ3v) is 8.55. The minimum absolute atomic E-state index is 0.281. The molecule has 8 nitrogen and oxygen atoms in total. The molecule has 0 rings (SSSR count). The Morgan fingerprint density at radius 3 is 1.73 bits per heavy atom. The summed E-state index contributed by atoms with van der Waals surface area (Å²) in [6.45, 7) is 2.99. The van der Waals surface area contributed by atoms with Gasteiger partial charge in [0.1, 0.15) is 6.10 Å². The Balaban J connectivity index is 3.77. The average molecular weight is 611 g/mol. The quantitative estimate of drug-likeness (QED) is 0.0334. The fourth-order valence-corrected chi connectivity index (χ4v) is 5.90. The van der Waals surface area contributed by atoms with Crippen molar-refractivity contribution in [2.45, 2.75) is 154 Å². The molecule has 10 heteroatoms. The summed E-state index contributed by atoms with van der Waals surface area (Å²) in [7, 11) is -4.60. The fourth-order valence-electron chi connectivity index (χ4n) is 4.54. The number of thioether (sulfide) groups is 1. The van der Waals surface area contributed by atoms with Gasteiger partial charge in [-0.1, -0.05) is 122 Å². The molecule has 0 aliphatic carbocycles. The molecule has 0 spiro atoms. The number of carbonyl (C=O) groups excluding carboxylic acids is 2. The van der Waals surface area contributed by atoms with Gasteiger partial charge < -0.3 is 19.3 Å². The van der Waals surface area contributed by atoms with Gasteiger partial charge in [-0.05, 0) is 25.0 Å². The van der Waals surface area contributed by atoms with Crippen molar-refractivity contribution >= 4 is 32.0 Å². The maximum atomic E-state index is 12.2. The molecule has 0 aliphatic heterocycles. The zero-order chi connectivity index (χ0) is 29.6. The monoisotopic (exact) mass is 610 g/mol. The van der Waals surface area contributed by atoms with Gasteiger partial charge in [0.2, 0.25) is 0 Å². The number of esters is 1. The van der Waals surface area contributed by atoms with Gasteiger partial charge in [-0.15, -0.1) is 0 Å². The van der Waals surface area contributed by atoms with E-state index in [1.54, 1.807) is 11.8 Å². The number of hydrogen-bond donors (Lipinski definition) is 2. The Morgan fingerprint density at radius 1 is 0.750 bits per heavy atom. The largest absolute Gasteiger partial charge is 0.469 e. The Labute approximate surface area is 248 Å². The molecule has 0 radical (unpaired) electrons. The van der Waals surface area contributed by atoms with E-state index in [0.717, 1.165) is 44.3 Å². The molecule has 0 aliphatic rings. The van der Waals surface area contributed by atoms with E-state index in [4.69, 9.17) is 19.3 Å². The summed E-state index contributed by atoms with van der Waals surface area (Å²) in [4.78, 5) is 40.4. The molecule has 0 aromatic heterocycles. The molecule has 0 aromatic carbocycles. The van der Waals surface area contributed by atoms with Crippen LogP contribution in [0.15, 0.2) is 0 Å². The topological polar surface area (TPSA) is 119 Å². The highest BCUT2D eigenvalue weighted by atomic mass is 32.2. The van der Waals surface area contributed by atoms with E-state index in [0.29, 0.717) is 25.3 Å². The van der Waals surface area contributed by atoms with E-state index >= 15 is 0 Å². The summed E-state index contributed by atoms with van der Waals surface area (Å²) in [5.74, 6) is 1.10. The number of phosphoric acid groups is 1. The Morgan fingerprint density at radius 2 is 1.23 bits per heavy atom. The predicted molar refractivity (Wildman–Crippen MR) is 164 cm³/mol. The Bertz CT molecular complexity index is 617. The highest BCUT2D eigenvalue weighted by molar-refractivity contribution is 7.99. The summed E-state index contributed by atoms with van der Waals surface area (Å²) in [6, 6.07) is 0. The minimum atomic E-state index is -4.60. The molecule has 0 saturated heterocycles. The van der Waals surface area contributed by atoms with Gasteiger partial charge >= 0.3 is 13.8 Å². The van der Waals surface area contributed by atoms with E-state index in [2.05, 4.69) is 11.4 Å². The number of ether oxygens (including phenoxy) is 2. The zero-order valence-corrected chi connectivity index (χ0v) is 26.9. The molecule has 1 atom stereocenters. The van der Waals surface area contributed by atoms with Crippen molar-refractivity contribution in [3.63, 3.8) is 0 Å². The van der Waals surface area contributed by atoms with Crippen LogP contribution in [0.4, 0.5) is 0 Å². The second-order valence-electron chi connectivity index (χ2n) is 10.8. The first-order valence-corrected chi connectivity index (χ1v) is 18.6. The van der Waals surface area contributed by atoms with Crippen molar-refractivity contribution in [1.82, 2.24) is 0 Å². The highest BCUT2D eigenvalue weighted by Crippen LogP contribution is 2.36. The molecule has 0 heterocycles. The normalized spacial score (nSPS) is 12.4. The minimum Gasteiger partial charge on any atom is -0.468 e. The van der Waals surface area contributed by atoms with Crippen molar-refractivity contribution in [2.75, 3.05) is 24.7 Å². The maximum absolute atomic E-state index is 12.2. The molecule has 0 amide bonds. The summed E-state index contributed by atoms with van der Waals surface area (Å²) >= 11 is 1.65. The number of unbranched alkanes of at least 4 members (excludes halogenated alkanes) is 19. The first kappa shape index (κ1) is 39.4. The van der Waals surface area contributed by atoms with Gasteiger partial charge in [-0.25, -0.2) is 4.57 Å². The third-order valence-electron chi connectivity index (χ3n) is 6.88. The van der Waals surface area contributed by atoms with Crippen molar-refractivity contribution in [2.24, 2.45) is 0 Å². The predicted octanol–water partition coefficient (Wildman–Crippen LogP) is 8.52. The second-order valence-corrected chi connectivity index (χ2v) is 13.2. The lowest BCUT2D eigenvalue weighted by Gasteiger charge is -2.18. The number of carbonyl (C=O) groups is 2. The summed E-state index contributed by atoms with van der Waals surface area (Å²) < 4.78 is 25.9. The first-order chi connectivity index (χ1) is 19.4. The van der Waals surface area contributed by atoms with Gasteiger partial charge in [0.25, 0.3) is 6.47 Å². The molecular weight excluding hydrogens is 551 g/mol. The SMILES string of the molecule is CCCCCCCCCCC(=O)O[C@H](COP(=O)(O)O)CSCCCCCCCCCCCCCCCOC=O. The van der Waals surface area contributed by atoms with Gasteiger partial charge in [-0.3, -0.25) is 14.1 Å². The molecule has 0 bridgehead atoms. The molecule has 238 valence electrons. The van der Waals surface area contributed by atoms with Crippen LogP contribution in [0, 0.1) is 0 Å². The van der Waals surface area contributed by atoms with Gasteiger partial charge in [0.05, 0.1) is 13.2 Å². The molecule has 0 fully saturated rings. The van der Waals surface area contributed by atoms with Crippen LogP contribution in [0.1, 0.15) is 148 Å². The van der Waals surface area contributed by atoms with Crippen LogP contribution in [0.2, 0.25) is 0 Å². The fraction of sp³-hybridized carbons (Fsp3) is 0.933. The summed E-state index contributed by atoms with van der Waals surface area (Å²) in [6.07, 6.45) is 24.7. The van der Waals surface area contributed by atoms with Crippen molar-refractivity contribution < 1.29 is 37.9 Å². The summed E-state index contributed by atoms with van der Waals surface area (Å²) in [5.41, 5.74) is 0. The molecule has 0 aromatic rings. The van der Waals surface area contributed by atoms with E-state index in [-0.39, 0.29) is 12.6 Å². The third kappa shape index (κ3) is 31.9. The van der Waals surface area contributed by atoms with Crippen molar-refractivity contribution in [3.8, 4) is 0 Å². The van der Waals surface area contributed by atoms with Crippen LogP contribution in [0.25, 0.3) is 0 Å². The van der Waals surface area contributed by atoms with Gasteiger partial charge in [0, 0.05) is 12.2 Å². The molecule has 40 heavy (non-hydrogen) atoms. The van der Waals surface area contributed by atoms with Crippen molar-refractivity contribution in [3.05, 3.63) is 0 Å². The van der Waals surface area contributed by atoms with Crippen molar-refractivity contribution in [1.29, 1.82) is 0 Å².